The highest BCUT2D eigenvalue weighted by Gasteiger charge is 2.27. The Kier molecular flexibility index (Phi) is 5.66. The van der Waals surface area contributed by atoms with Gasteiger partial charge < -0.3 is 15.7 Å². The minimum atomic E-state index is -3.02. The van der Waals surface area contributed by atoms with E-state index in [4.69, 9.17) is 5.73 Å². The van der Waals surface area contributed by atoms with Gasteiger partial charge in [0.1, 0.15) is 15.9 Å². The smallest absolute Gasteiger partial charge is 0.225 e. The maximum Gasteiger partial charge on any atom is 0.225 e. The number of rotatable bonds is 5. The number of nitrogens with two attached hydrogens (primary N) is 1. The molecule has 128 valence electrons. The predicted octanol–water partition coefficient (Wildman–Crippen LogP) is 0.336. The largest absolute Gasteiger partial charge is 0.384 e. The first-order chi connectivity index (χ1) is 10.9. The second-order valence-electron chi connectivity index (χ2n) is 5.62. The Balaban J connectivity index is 2.04. The molecule has 1 fully saturated rings. The molecule has 9 heteroatoms. The summed E-state index contributed by atoms with van der Waals surface area (Å²) in [5.74, 6) is 0.464. The second kappa shape index (κ2) is 7.33. The Morgan fingerprint density at radius 1 is 1.48 bits per heavy atom. The molecule has 1 aromatic heterocycles. The zero-order valence-electron chi connectivity index (χ0n) is 12.9. The number of piperidine rings is 1. The lowest BCUT2D eigenvalue weighted by Crippen LogP contribution is -2.39. The van der Waals surface area contributed by atoms with Crippen molar-refractivity contribution in [2.45, 2.75) is 24.2 Å². The number of aromatic nitrogens is 2. The quantitative estimate of drug-likeness (QED) is 0.792. The van der Waals surface area contributed by atoms with E-state index in [9.17, 15) is 17.9 Å². The van der Waals surface area contributed by atoms with Crippen LogP contribution in [-0.2, 0) is 9.84 Å². The number of nitrogens with zero attached hydrogens (tertiary/aromatic N) is 3. The highest BCUT2D eigenvalue weighted by Crippen LogP contribution is 2.23. The Morgan fingerprint density at radius 2 is 2.04 bits per heavy atom. The van der Waals surface area contributed by atoms with Crippen LogP contribution in [0.3, 0.4) is 0 Å². The summed E-state index contributed by atoms with van der Waals surface area (Å²) in [6, 6.07) is 0. The van der Waals surface area contributed by atoms with Crippen LogP contribution >= 0.6 is 0 Å². The Bertz CT molecular complexity index is 655. The number of sulfone groups is 1. The number of anilines is 1. The molecule has 0 aliphatic carbocycles. The monoisotopic (exact) mass is 344 g/mol. The first-order valence-corrected chi connectivity index (χ1v) is 9.25. The van der Waals surface area contributed by atoms with Crippen LogP contribution in [0.5, 0.6) is 0 Å². The number of hydrogen-bond donors (Lipinski definition) is 2. The summed E-state index contributed by atoms with van der Waals surface area (Å²) in [5.41, 5.74) is 5.76. The average molecular weight is 344 g/mol. The summed E-state index contributed by atoms with van der Waals surface area (Å²) in [6.07, 6.45) is 4.30. The standard InChI is InChI=1S/C14H21FN4O3S/c1-23(21,22)12-2-4-19(5-3-12)14-17-8-11(9-18-14)13(20)10(6-15)7-16/h6,8-9,12-13,20H,2-5,7,16H2,1H3. The number of aliphatic hydroxyl groups is 1. The van der Waals surface area contributed by atoms with E-state index in [1.165, 1.54) is 18.6 Å². The van der Waals surface area contributed by atoms with Crippen LogP contribution in [-0.4, -0.2) is 54.6 Å². The fourth-order valence-electron chi connectivity index (χ4n) is 2.55. The van der Waals surface area contributed by atoms with Crippen molar-refractivity contribution in [3.05, 3.63) is 29.9 Å². The molecular formula is C14H21FN4O3S. The molecule has 1 unspecified atom stereocenters. The molecule has 2 rings (SSSR count). The van der Waals surface area contributed by atoms with Crippen LogP contribution in [0.4, 0.5) is 10.3 Å². The van der Waals surface area contributed by atoms with Crippen molar-refractivity contribution >= 4 is 15.8 Å². The average Bonchev–Trinajstić information content (AvgIpc) is 2.55. The topological polar surface area (TPSA) is 109 Å². The van der Waals surface area contributed by atoms with Gasteiger partial charge in [0.2, 0.25) is 5.95 Å². The summed E-state index contributed by atoms with van der Waals surface area (Å²) in [4.78, 5) is 10.2. The number of hydrogen-bond acceptors (Lipinski definition) is 7. The molecule has 1 atom stereocenters. The van der Waals surface area contributed by atoms with E-state index in [0.29, 0.717) is 37.4 Å². The SMILES string of the molecule is CS(=O)(=O)C1CCN(c2ncc(C(O)C(=CF)CN)cn2)CC1. The Labute approximate surface area is 135 Å². The van der Waals surface area contributed by atoms with Crippen molar-refractivity contribution in [1.29, 1.82) is 0 Å². The van der Waals surface area contributed by atoms with Gasteiger partial charge in [0.05, 0.1) is 11.6 Å². The summed E-state index contributed by atoms with van der Waals surface area (Å²) in [6.45, 7) is 1.01. The zero-order valence-corrected chi connectivity index (χ0v) is 13.7. The van der Waals surface area contributed by atoms with E-state index in [1.54, 1.807) is 0 Å². The van der Waals surface area contributed by atoms with Crippen molar-refractivity contribution in [1.82, 2.24) is 9.97 Å². The third kappa shape index (κ3) is 4.24. The molecule has 0 amide bonds. The van der Waals surface area contributed by atoms with Crippen LogP contribution in [0.15, 0.2) is 24.3 Å². The molecule has 1 saturated heterocycles. The molecule has 1 aliphatic rings. The Hall–Kier alpha value is -1.58. The summed E-state index contributed by atoms with van der Waals surface area (Å²) in [7, 11) is -3.02. The molecule has 0 bridgehead atoms. The van der Waals surface area contributed by atoms with E-state index in [-0.39, 0.29) is 23.7 Å². The van der Waals surface area contributed by atoms with Crippen molar-refractivity contribution in [2.24, 2.45) is 5.73 Å². The summed E-state index contributed by atoms with van der Waals surface area (Å²) in [5, 5.41) is 9.64. The van der Waals surface area contributed by atoms with Gasteiger partial charge in [-0.05, 0) is 12.8 Å². The molecule has 7 nitrogen and oxygen atoms in total. The highest BCUT2D eigenvalue weighted by atomic mass is 32.2. The number of aliphatic hydroxyl groups excluding tert-OH is 1. The molecule has 2 heterocycles. The lowest BCUT2D eigenvalue weighted by atomic mass is 10.1. The molecule has 0 saturated carbocycles. The minimum Gasteiger partial charge on any atom is -0.384 e. The highest BCUT2D eigenvalue weighted by molar-refractivity contribution is 7.91. The van der Waals surface area contributed by atoms with Gasteiger partial charge in [-0.1, -0.05) is 0 Å². The normalized spacial score (nSPS) is 19.0. The van der Waals surface area contributed by atoms with Crippen LogP contribution in [0.2, 0.25) is 0 Å². The van der Waals surface area contributed by atoms with Crippen LogP contribution in [0, 0.1) is 0 Å². The molecule has 23 heavy (non-hydrogen) atoms. The van der Waals surface area contributed by atoms with Gasteiger partial charge in [0.15, 0.2) is 0 Å². The summed E-state index contributed by atoms with van der Waals surface area (Å²) >= 11 is 0. The first kappa shape index (κ1) is 17.8. The van der Waals surface area contributed by atoms with Gasteiger partial charge in [0.25, 0.3) is 0 Å². The van der Waals surface area contributed by atoms with Gasteiger partial charge in [0, 0.05) is 49.4 Å². The molecule has 3 N–H and O–H groups in total. The maximum absolute atomic E-state index is 12.6. The molecule has 0 radical (unpaired) electrons. The van der Waals surface area contributed by atoms with Gasteiger partial charge in [-0.25, -0.2) is 22.8 Å². The molecule has 0 spiro atoms. The van der Waals surface area contributed by atoms with Crippen LogP contribution < -0.4 is 10.6 Å². The fraction of sp³-hybridized carbons (Fsp3) is 0.571. The van der Waals surface area contributed by atoms with E-state index in [1.807, 2.05) is 4.90 Å². The lowest BCUT2D eigenvalue weighted by Gasteiger charge is -2.31. The van der Waals surface area contributed by atoms with Crippen molar-refractivity contribution in [3.63, 3.8) is 0 Å². The third-order valence-corrected chi connectivity index (χ3v) is 5.71. The van der Waals surface area contributed by atoms with Crippen molar-refractivity contribution < 1.29 is 17.9 Å². The van der Waals surface area contributed by atoms with E-state index >= 15 is 0 Å². The van der Waals surface area contributed by atoms with E-state index in [0.717, 1.165) is 0 Å². The predicted molar refractivity (Wildman–Crippen MR) is 85.3 cm³/mol. The summed E-state index contributed by atoms with van der Waals surface area (Å²) < 4.78 is 35.7. The molecule has 0 aromatic carbocycles. The maximum atomic E-state index is 12.6. The first-order valence-electron chi connectivity index (χ1n) is 7.30. The van der Waals surface area contributed by atoms with Gasteiger partial charge in [-0.2, -0.15) is 0 Å². The van der Waals surface area contributed by atoms with Gasteiger partial charge >= 0.3 is 0 Å². The van der Waals surface area contributed by atoms with Crippen molar-refractivity contribution in [3.8, 4) is 0 Å². The third-order valence-electron chi connectivity index (χ3n) is 4.03. The van der Waals surface area contributed by atoms with Gasteiger partial charge in [-0.3, -0.25) is 0 Å². The number of halogens is 1. The second-order valence-corrected chi connectivity index (χ2v) is 7.95. The van der Waals surface area contributed by atoms with Crippen molar-refractivity contribution in [2.75, 3.05) is 30.8 Å². The Morgan fingerprint density at radius 3 is 2.48 bits per heavy atom. The molecule has 1 aromatic rings. The molecular weight excluding hydrogens is 323 g/mol. The minimum absolute atomic E-state index is 0.0512. The zero-order chi connectivity index (χ0) is 17.0. The fourth-order valence-corrected chi connectivity index (χ4v) is 3.62. The lowest BCUT2D eigenvalue weighted by molar-refractivity contribution is 0.211. The molecule has 1 aliphatic heterocycles. The van der Waals surface area contributed by atoms with Crippen LogP contribution in [0.1, 0.15) is 24.5 Å². The van der Waals surface area contributed by atoms with Crippen LogP contribution in [0.25, 0.3) is 0 Å². The van der Waals surface area contributed by atoms with Gasteiger partial charge in [-0.15, -0.1) is 0 Å². The van der Waals surface area contributed by atoms with E-state index < -0.39 is 15.9 Å². The van der Waals surface area contributed by atoms with E-state index in [2.05, 4.69) is 9.97 Å².